The number of ether oxygens (including phenoxy) is 3. The number of amides is 1. The summed E-state index contributed by atoms with van der Waals surface area (Å²) in [6.07, 6.45) is -0.829. The number of hydrogen-bond acceptors (Lipinski definition) is 5. The van der Waals surface area contributed by atoms with Crippen molar-refractivity contribution in [3.05, 3.63) is 29.8 Å². The number of benzene rings is 1. The molecule has 0 fully saturated rings. The quantitative estimate of drug-likeness (QED) is 0.705. The van der Waals surface area contributed by atoms with Gasteiger partial charge < -0.3 is 24.6 Å². The third-order valence-electron chi connectivity index (χ3n) is 2.79. The summed E-state index contributed by atoms with van der Waals surface area (Å²) in [5, 5.41) is 11.4. The standard InChI is InChI=1S/C17H24FNO6/c1-17(2,3)25-16(22)19-14(15(20)21)11-23-10-12-5-4-6-13(9-12)24-8-7-18/h4-6,9,14H,7-8,10-11H2,1-3H3,(H,19,22)(H,20,21)/t14-/m1/s1. The average Bonchev–Trinajstić information content (AvgIpc) is 2.50. The maximum absolute atomic E-state index is 12.1. The fourth-order valence-electron chi connectivity index (χ4n) is 1.80. The number of carboxylic acid groups (broad SMARTS) is 1. The maximum Gasteiger partial charge on any atom is 0.408 e. The Bertz CT molecular complexity index is 573. The molecule has 1 amide bonds. The van der Waals surface area contributed by atoms with Gasteiger partial charge in [0.15, 0.2) is 6.04 Å². The van der Waals surface area contributed by atoms with Gasteiger partial charge in [0.1, 0.15) is 24.6 Å². The Labute approximate surface area is 146 Å². The van der Waals surface area contributed by atoms with E-state index in [0.717, 1.165) is 5.56 Å². The molecule has 8 heteroatoms. The molecular formula is C17H24FNO6. The van der Waals surface area contributed by atoms with Gasteiger partial charge in [-0.2, -0.15) is 0 Å². The Kier molecular flexibility index (Phi) is 8.13. The van der Waals surface area contributed by atoms with Crippen molar-refractivity contribution in [3.8, 4) is 5.75 Å². The molecule has 0 aliphatic carbocycles. The van der Waals surface area contributed by atoms with Gasteiger partial charge in [-0.1, -0.05) is 12.1 Å². The zero-order valence-corrected chi connectivity index (χ0v) is 14.6. The molecule has 0 aliphatic rings. The molecule has 0 unspecified atom stereocenters. The van der Waals surface area contributed by atoms with Crippen LogP contribution in [0.2, 0.25) is 0 Å². The number of hydrogen-bond donors (Lipinski definition) is 2. The topological polar surface area (TPSA) is 94.1 Å². The molecule has 7 nitrogen and oxygen atoms in total. The van der Waals surface area contributed by atoms with Gasteiger partial charge in [-0.25, -0.2) is 14.0 Å². The number of nitrogens with one attached hydrogen (secondary N) is 1. The predicted octanol–water partition coefficient (Wildman–Crippen LogP) is 2.53. The first-order chi connectivity index (χ1) is 11.7. The number of rotatable bonds is 9. The molecule has 0 aromatic heterocycles. The number of alkyl halides is 1. The Balaban J connectivity index is 2.50. The summed E-state index contributed by atoms with van der Waals surface area (Å²) in [5.41, 5.74) is 0.00591. The highest BCUT2D eigenvalue weighted by Gasteiger charge is 2.24. The molecule has 1 aromatic carbocycles. The molecule has 0 bridgehead atoms. The fourth-order valence-corrected chi connectivity index (χ4v) is 1.80. The molecule has 0 heterocycles. The zero-order chi connectivity index (χ0) is 18.9. The summed E-state index contributed by atoms with van der Waals surface area (Å²) in [7, 11) is 0. The van der Waals surface area contributed by atoms with Crippen LogP contribution in [0.4, 0.5) is 9.18 Å². The van der Waals surface area contributed by atoms with Gasteiger partial charge >= 0.3 is 12.1 Å². The SMILES string of the molecule is CC(C)(C)OC(=O)N[C@H](COCc1cccc(OCCF)c1)C(=O)O. The van der Waals surface area contributed by atoms with E-state index in [1.807, 2.05) is 0 Å². The minimum absolute atomic E-state index is 0.0365. The molecule has 0 saturated carbocycles. The van der Waals surface area contributed by atoms with Crippen molar-refractivity contribution in [1.29, 1.82) is 0 Å². The second-order valence-electron chi connectivity index (χ2n) is 6.24. The molecule has 0 aliphatic heterocycles. The monoisotopic (exact) mass is 357 g/mol. The van der Waals surface area contributed by atoms with Crippen molar-refractivity contribution in [2.24, 2.45) is 0 Å². The maximum atomic E-state index is 12.1. The van der Waals surface area contributed by atoms with E-state index in [1.54, 1.807) is 45.0 Å². The molecule has 25 heavy (non-hydrogen) atoms. The highest BCUT2D eigenvalue weighted by molar-refractivity contribution is 5.80. The summed E-state index contributed by atoms with van der Waals surface area (Å²) >= 11 is 0. The smallest absolute Gasteiger partial charge is 0.408 e. The summed E-state index contributed by atoms with van der Waals surface area (Å²) in [6, 6.07) is 5.61. The first-order valence-electron chi connectivity index (χ1n) is 7.79. The van der Waals surface area contributed by atoms with Crippen molar-refractivity contribution in [2.75, 3.05) is 19.9 Å². The van der Waals surface area contributed by atoms with E-state index in [0.29, 0.717) is 5.75 Å². The molecule has 0 spiro atoms. The van der Waals surface area contributed by atoms with E-state index in [4.69, 9.17) is 19.3 Å². The van der Waals surface area contributed by atoms with Crippen molar-refractivity contribution >= 4 is 12.1 Å². The Morgan fingerprint density at radius 1 is 1.32 bits per heavy atom. The second-order valence-corrected chi connectivity index (χ2v) is 6.24. The van der Waals surface area contributed by atoms with Crippen LogP contribution in [-0.2, 0) is 20.9 Å². The molecule has 0 radical (unpaired) electrons. The highest BCUT2D eigenvalue weighted by Crippen LogP contribution is 2.14. The summed E-state index contributed by atoms with van der Waals surface area (Å²) < 4.78 is 27.6. The van der Waals surface area contributed by atoms with Crippen molar-refractivity contribution < 1.29 is 33.3 Å². The Morgan fingerprint density at radius 2 is 2.04 bits per heavy atom. The molecule has 2 N–H and O–H groups in total. The van der Waals surface area contributed by atoms with Crippen LogP contribution in [0.3, 0.4) is 0 Å². The lowest BCUT2D eigenvalue weighted by Crippen LogP contribution is -2.46. The minimum atomic E-state index is -1.24. The lowest BCUT2D eigenvalue weighted by atomic mass is 10.2. The lowest BCUT2D eigenvalue weighted by Gasteiger charge is -2.22. The van der Waals surface area contributed by atoms with Gasteiger partial charge in [-0.05, 0) is 38.5 Å². The van der Waals surface area contributed by atoms with E-state index in [2.05, 4.69) is 5.32 Å². The molecule has 0 saturated heterocycles. The molecular weight excluding hydrogens is 333 g/mol. The van der Waals surface area contributed by atoms with Crippen molar-refractivity contribution in [1.82, 2.24) is 5.32 Å². The van der Waals surface area contributed by atoms with Gasteiger partial charge in [0.2, 0.25) is 0 Å². The first-order valence-corrected chi connectivity index (χ1v) is 7.79. The fraction of sp³-hybridized carbons (Fsp3) is 0.529. The third kappa shape index (κ3) is 8.90. The van der Waals surface area contributed by atoms with Crippen molar-refractivity contribution in [3.63, 3.8) is 0 Å². The van der Waals surface area contributed by atoms with Gasteiger partial charge in [0.25, 0.3) is 0 Å². The summed E-state index contributed by atoms with van der Waals surface area (Å²) in [5.74, 6) is -0.730. The first kappa shape index (κ1) is 20.7. The van der Waals surface area contributed by atoms with E-state index < -0.39 is 30.4 Å². The minimum Gasteiger partial charge on any atom is -0.491 e. The van der Waals surface area contributed by atoms with E-state index in [1.165, 1.54) is 0 Å². The van der Waals surface area contributed by atoms with Crippen LogP contribution in [-0.4, -0.2) is 48.7 Å². The van der Waals surface area contributed by atoms with Crippen LogP contribution < -0.4 is 10.1 Å². The van der Waals surface area contributed by atoms with Crippen LogP contribution in [0.5, 0.6) is 5.75 Å². The number of carboxylic acids is 1. The van der Waals surface area contributed by atoms with E-state index in [-0.39, 0.29) is 19.8 Å². The van der Waals surface area contributed by atoms with E-state index in [9.17, 15) is 14.0 Å². The Morgan fingerprint density at radius 3 is 2.64 bits per heavy atom. The van der Waals surface area contributed by atoms with Gasteiger partial charge in [0, 0.05) is 0 Å². The van der Waals surface area contributed by atoms with Crippen LogP contribution >= 0.6 is 0 Å². The molecule has 1 aromatic rings. The van der Waals surface area contributed by atoms with Crippen LogP contribution in [0.25, 0.3) is 0 Å². The number of alkyl carbamates (subject to hydrolysis) is 1. The largest absolute Gasteiger partial charge is 0.491 e. The molecule has 140 valence electrons. The molecule has 1 rings (SSSR count). The van der Waals surface area contributed by atoms with Gasteiger partial charge in [0.05, 0.1) is 13.2 Å². The Hall–Kier alpha value is -2.35. The zero-order valence-electron chi connectivity index (χ0n) is 14.6. The van der Waals surface area contributed by atoms with Crippen LogP contribution in [0.15, 0.2) is 24.3 Å². The summed E-state index contributed by atoms with van der Waals surface area (Å²) in [6.45, 7) is 4.30. The molecule has 1 atom stereocenters. The predicted molar refractivity (Wildman–Crippen MR) is 88.4 cm³/mol. The van der Waals surface area contributed by atoms with Crippen LogP contribution in [0, 0.1) is 0 Å². The van der Waals surface area contributed by atoms with Crippen LogP contribution in [0.1, 0.15) is 26.3 Å². The normalized spacial score (nSPS) is 12.3. The second kappa shape index (κ2) is 9.83. The highest BCUT2D eigenvalue weighted by atomic mass is 19.1. The lowest BCUT2D eigenvalue weighted by molar-refractivity contribution is -0.141. The number of carbonyl (C=O) groups excluding carboxylic acids is 1. The third-order valence-corrected chi connectivity index (χ3v) is 2.79. The van der Waals surface area contributed by atoms with Gasteiger partial charge in [-0.3, -0.25) is 0 Å². The summed E-state index contributed by atoms with van der Waals surface area (Å²) in [4.78, 5) is 22.9. The van der Waals surface area contributed by atoms with Crippen molar-refractivity contribution in [2.45, 2.75) is 39.0 Å². The number of aliphatic carboxylic acids is 1. The number of halogens is 1. The van der Waals surface area contributed by atoms with E-state index >= 15 is 0 Å². The van der Waals surface area contributed by atoms with Gasteiger partial charge in [-0.15, -0.1) is 0 Å². The average molecular weight is 357 g/mol. The number of carbonyl (C=O) groups is 2.